The Bertz CT molecular complexity index is 629. The van der Waals surface area contributed by atoms with E-state index in [0.29, 0.717) is 17.3 Å². The van der Waals surface area contributed by atoms with Crippen LogP contribution in [-0.2, 0) is 9.59 Å². The predicted octanol–water partition coefficient (Wildman–Crippen LogP) is 1.49. The van der Waals surface area contributed by atoms with E-state index in [4.69, 9.17) is 0 Å². The largest absolute Gasteiger partial charge is 0.297 e. The van der Waals surface area contributed by atoms with Crippen LogP contribution in [0, 0.1) is 0 Å². The van der Waals surface area contributed by atoms with Crippen LogP contribution in [0.3, 0.4) is 0 Å². The standard InChI is InChI=1S/C14H13BrN2O4/c1-2-3-11(12(19)16-7-18)17-13(20)9-5-4-8(15)6-10(9)14(17)21/h4-7,11H,2-3H2,1H3,(H,16,18,19). The molecule has 6 nitrogen and oxygen atoms in total. The highest BCUT2D eigenvalue weighted by Gasteiger charge is 2.42. The number of carbonyl (C=O) groups is 4. The Kier molecular flexibility index (Phi) is 4.52. The van der Waals surface area contributed by atoms with Gasteiger partial charge in [0.05, 0.1) is 11.1 Å². The second kappa shape index (κ2) is 6.17. The number of hydrogen-bond donors (Lipinski definition) is 1. The molecule has 0 saturated heterocycles. The summed E-state index contributed by atoms with van der Waals surface area (Å²) in [7, 11) is 0. The van der Waals surface area contributed by atoms with E-state index in [-0.39, 0.29) is 17.5 Å². The summed E-state index contributed by atoms with van der Waals surface area (Å²) in [6, 6.07) is 3.77. The fraction of sp³-hybridized carbons (Fsp3) is 0.286. The van der Waals surface area contributed by atoms with Crippen LogP contribution in [0.25, 0.3) is 0 Å². The number of imide groups is 2. The number of amides is 4. The second-order valence-corrected chi connectivity index (χ2v) is 5.52. The molecular formula is C14H13BrN2O4. The van der Waals surface area contributed by atoms with Crippen molar-refractivity contribution < 1.29 is 19.2 Å². The van der Waals surface area contributed by atoms with Gasteiger partial charge in [-0.15, -0.1) is 0 Å². The SMILES string of the molecule is CCCC(C(=O)NC=O)N1C(=O)c2ccc(Br)cc2C1=O. The van der Waals surface area contributed by atoms with Crippen molar-refractivity contribution in [2.45, 2.75) is 25.8 Å². The number of hydrogen-bond acceptors (Lipinski definition) is 4. The summed E-state index contributed by atoms with van der Waals surface area (Å²) >= 11 is 3.25. The monoisotopic (exact) mass is 352 g/mol. The van der Waals surface area contributed by atoms with Gasteiger partial charge >= 0.3 is 0 Å². The predicted molar refractivity (Wildman–Crippen MR) is 77.5 cm³/mol. The zero-order chi connectivity index (χ0) is 15.6. The quantitative estimate of drug-likeness (QED) is 0.642. The van der Waals surface area contributed by atoms with Gasteiger partial charge in [0.15, 0.2) is 0 Å². The van der Waals surface area contributed by atoms with E-state index in [9.17, 15) is 19.2 Å². The van der Waals surface area contributed by atoms with Crippen molar-refractivity contribution in [3.63, 3.8) is 0 Å². The lowest BCUT2D eigenvalue weighted by molar-refractivity contribution is -0.128. The molecule has 1 N–H and O–H groups in total. The second-order valence-electron chi connectivity index (χ2n) is 4.60. The molecule has 21 heavy (non-hydrogen) atoms. The van der Waals surface area contributed by atoms with Gasteiger partial charge in [0, 0.05) is 4.47 Å². The summed E-state index contributed by atoms with van der Waals surface area (Å²) in [6.07, 6.45) is 1.14. The Labute approximate surface area is 129 Å². The van der Waals surface area contributed by atoms with Gasteiger partial charge in [-0.3, -0.25) is 29.4 Å². The molecule has 1 heterocycles. The summed E-state index contributed by atoms with van der Waals surface area (Å²) in [5.74, 6) is -1.68. The van der Waals surface area contributed by atoms with Gasteiger partial charge in [-0.05, 0) is 24.6 Å². The van der Waals surface area contributed by atoms with Crippen molar-refractivity contribution in [2.24, 2.45) is 0 Å². The lowest BCUT2D eigenvalue weighted by atomic mass is 10.1. The van der Waals surface area contributed by atoms with E-state index in [1.165, 1.54) is 0 Å². The lowest BCUT2D eigenvalue weighted by Gasteiger charge is -2.23. The maximum Gasteiger partial charge on any atom is 0.262 e. The van der Waals surface area contributed by atoms with Crippen LogP contribution < -0.4 is 5.32 Å². The molecule has 1 aromatic rings. The van der Waals surface area contributed by atoms with Gasteiger partial charge in [0.25, 0.3) is 11.8 Å². The molecule has 0 aromatic heterocycles. The van der Waals surface area contributed by atoms with Crippen LogP contribution in [0.5, 0.6) is 0 Å². The van der Waals surface area contributed by atoms with Gasteiger partial charge < -0.3 is 0 Å². The van der Waals surface area contributed by atoms with Crippen LogP contribution in [0.2, 0.25) is 0 Å². The Hall–Kier alpha value is -2.02. The summed E-state index contributed by atoms with van der Waals surface area (Å²) in [6.45, 7) is 1.83. The van der Waals surface area contributed by atoms with Crippen molar-refractivity contribution in [2.75, 3.05) is 0 Å². The van der Waals surface area contributed by atoms with Crippen LogP contribution in [-0.4, -0.2) is 35.1 Å². The van der Waals surface area contributed by atoms with E-state index in [0.717, 1.165) is 4.90 Å². The Morgan fingerprint density at radius 2 is 2.00 bits per heavy atom. The fourth-order valence-corrected chi connectivity index (χ4v) is 2.68. The molecule has 0 spiro atoms. The highest BCUT2D eigenvalue weighted by molar-refractivity contribution is 9.10. The first-order chi connectivity index (χ1) is 10.0. The minimum atomic E-state index is -0.980. The van der Waals surface area contributed by atoms with Crippen molar-refractivity contribution in [3.05, 3.63) is 33.8 Å². The number of nitrogens with one attached hydrogen (secondary N) is 1. The summed E-state index contributed by atoms with van der Waals surface area (Å²) in [5.41, 5.74) is 0.526. The number of fused-ring (bicyclic) bond motifs is 1. The zero-order valence-corrected chi connectivity index (χ0v) is 12.8. The van der Waals surface area contributed by atoms with Gasteiger partial charge in [-0.2, -0.15) is 0 Å². The molecule has 0 bridgehead atoms. The number of rotatable bonds is 5. The summed E-state index contributed by atoms with van der Waals surface area (Å²) < 4.78 is 0.675. The van der Waals surface area contributed by atoms with Gasteiger partial charge in [0.2, 0.25) is 12.3 Å². The third-order valence-electron chi connectivity index (χ3n) is 3.26. The van der Waals surface area contributed by atoms with Crippen LogP contribution >= 0.6 is 15.9 Å². The minimum Gasteiger partial charge on any atom is -0.297 e. The highest BCUT2D eigenvalue weighted by atomic mass is 79.9. The topological polar surface area (TPSA) is 83.6 Å². The summed E-state index contributed by atoms with van der Waals surface area (Å²) in [5, 5.41) is 2.01. The molecule has 0 aliphatic carbocycles. The molecule has 2 rings (SSSR count). The van der Waals surface area contributed by atoms with E-state index in [1.807, 2.05) is 12.2 Å². The maximum absolute atomic E-state index is 12.4. The van der Waals surface area contributed by atoms with Crippen molar-refractivity contribution in [3.8, 4) is 0 Å². The van der Waals surface area contributed by atoms with Gasteiger partial charge in [-0.1, -0.05) is 29.3 Å². The van der Waals surface area contributed by atoms with Crippen molar-refractivity contribution in [1.82, 2.24) is 10.2 Å². The molecule has 1 unspecified atom stereocenters. The summed E-state index contributed by atoms with van der Waals surface area (Å²) in [4.78, 5) is 48.1. The van der Waals surface area contributed by atoms with Crippen LogP contribution in [0.4, 0.5) is 0 Å². The molecule has 0 radical (unpaired) electrons. The Morgan fingerprint density at radius 3 is 2.62 bits per heavy atom. The maximum atomic E-state index is 12.4. The molecule has 4 amide bonds. The third-order valence-corrected chi connectivity index (χ3v) is 3.75. The molecule has 1 aliphatic rings. The fourth-order valence-electron chi connectivity index (χ4n) is 2.32. The van der Waals surface area contributed by atoms with Crippen molar-refractivity contribution in [1.29, 1.82) is 0 Å². The van der Waals surface area contributed by atoms with E-state index < -0.39 is 23.8 Å². The number of halogens is 1. The average Bonchev–Trinajstić information content (AvgIpc) is 2.68. The first kappa shape index (κ1) is 15.4. The Morgan fingerprint density at radius 1 is 1.33 bits per heavy atom. The number of benzene rings is 1. The van der Waals surface area contributed by atoms with Crippen molar-refractivity contribution >= 4 is 40.1 Å². The molecule has 1 aromatic carbocycles. The molecule has 0 saturated carbocycles. The van der Waals surface area contributed by atoms with Gasteiger partial charge in [0.1, 0.15) is 6.04 Å². The third kappa shape index (κ3) is 2.73. The molecule has 110 valence electrons. The lowest BCUT2D eigenvalue weighted by Crippen LogP contribution is -2.49. The molecule has 7 heteroatoms. The molecule has 1 atom stereocenters. The highest BCUT2D eigenvalue weighted by Crippen LogP contribution is 2.28. The molecular weight excluding hydrogens is 340 g/mol. The zero-order valence-electron chi connectivity index (χ0n) is 11.3. The smallest absolute Gasteiger partial charge is 0.262 e. The van der Waals surface area contributed by atoms with Crippen LogP contribution in [0.15, 0.2) is 22.7 Å². The van der Waals surface area contributed by atoms with Gasteiger partial charge in [-0.25, -0.2) is 0 Å². The first-order valence-corrected chi connectivity index (χ1v) is 7.22. The minimum absolute atomic E-state index is 0.250. The van der Waals surface area contributed by atoms with E-state index >= 15 is 0 Å². The normalized spacial score (nSPS) is 14.9. The van der Waals surface area contributed by atoms with E-state index in [1.54, 1.807) is 18.2 Å². The molecule has 0 fully saturated rings. The molecule has 1 aliphatic heterocycles. The first-order valence-electron chi connectivity index (χ1n) is 6.42. The number of nitrogens with zero attached hydrogens (tertiary/aromatic N) is 1. The Balaban J connectivity index is 2.40. The number of carbonyl (C=O) groups excluding carboxylic acids is 4. The van der Waals surface area contributed by atoms with Crippen LogP contribution in [0.1, 0.15) is 40.5 Å². The average molecular weight is 353 g/mol. The van der Waals surface area contributed by atoms with E-state index in [2.05, 4.69) is 15.9 Å².